The Kier molecular flexibility index (Phi) is 3.00. The summed E-state index contributed by atoms with van der Waals surface area (Å²) in [4.78, 5) is 0. The third kappa shape index (κ3) is 2.85. The lowest BCUT2D eigenvalue weighted by Crippen LogP contribution is -2.03. The van der Waals surface area contributed by atoms with Crippen molar-refractivity contribution in [1.29, 1.82) is 0 Å². The second-order valence-corrected chi connectivity index (χ2v) is 4.63. The summed E-state index contributed by atoms with van der Waals surface area (Å²) >= 11 is 0. The van der Waals surface area contributed by atoms with Crippen molar-refractivity contribution in [3.63, 3.8) is 0 Å². The number of rotatable bonds is 2. The first-order valence-electron chi connectivity index (χ1n) is 5.05. The number of hydrogen-bond acceptors (Lipinski definition) is 4. The molecule has 16 heavy (non-hydrogen) atoms. The molecule has 1 heterocycles. The van der Waals surface area contributed by atoms with Crippen LogP contribution in [0.4, 0.5) is 9.57 Å². The maximum absolute atomic E-state index is 12.3. The first-order chi connectivity index (χ1) is 7.54. The SMILES string of the molecule is O=S(=O)(F)Oc1ccc2c(c1)CCCCN2. The maximum Gasteiger partial charge on any atom is 0.488 e. The highest BCUT2D eigenvalue weighted by atomic mass is 32.3. The molecule has 2 rings (SSSR count). The van der Waals surface area contributed by atoms with Gasteiger partial charge in [-0.25, -0.2) is 0 Å². The first-order valence-corrected chi connectivity index (χ1v) is 6.36. The van der Waals surface area contributed by atoms with Gasteiger partial charge in [-0.05, 0) is 43.0 Å². The Hall–Kier alpha value is -1.30. The van der Waals surface area contributed by atoms with Gasteiger partial charge in [0, 0.05) is 12.2 Å². The third-order valence-electron chi connectivity index (χ3n) is 2.46. The highest BCUT2D eigenvalue weighted by molar-refractivity contribution is 7.81. The van der Waals surface area contributed by atoms with Crippen molar-refractivity contribution in [3.05, 3.63) is 23.8 Å². The van der Waals surface area contributed by atoms with E-state index in [1.807, 2.05) is 0 Å². The van der Waals surface area contributed by atoms with Gasteiger partial charge in [0.2, 0.25) is 0 Å². The molecule has 1 aromatic rings. The van der Waals surface area contributed by atoms with Crippen molar-refractivity contribution in [2.45, 2.75) is 19.3 Å². The van der Waals surface area contributed by atoms with Crippen LogP contribution in [0, 0.1) is 0 Å². The quantitative estimate of drug-likeness (QED) is 0.810. The van der Waals surface area contributed by atoms with E-state index in [2.05, 4.69) is 9.50 Å². The van der Waals surface area contributed by atoms with Crippen molar-refractivity contribution < 1.29 is 16.5 Å². The molecule has 0 atom stereocenters. The number of halogens is 1. The van der Waals surface area contributed by atoms with E-state index in [0.29, 0.717) is 0 Å². The van der Waals surface area contributed by atoms with Crippen LogP contribution in [0.25, 0.3) is 0 Å². The molecule has 6 heteroatoms. The lowest BCUT2D eigenvalue weighted by Gasteiger charge is -2.08. The largest absolute Gasteiger partial charge is 0.488 e. The summed E-state index contributed by atoms with van der Waals surface area (Å²) in [5.41, 5.74) is 1.92. The Bertz CT molecular complexity index is 487. The summed E-state index contributed by atoms with van der Waals surface area (Å²) in [5.74, 6) is 0.0185. The minimum atomic E-state index is -4.93. The Morgan fingerprint density at radius 3 is 2.88 bits per heavy atom. The van der Waals surface area contributed by atoms with Gasteiger partial charge in [-0.15, -0.1) is 0 Å². The summed E-state index contributed by atoms with van der Waals surface area (Å²) in [6.07, 6.45) is 2.92. The second-order valence-electron chi connectivity index (χ2n) is 3.68. The van der Waals surface area contributed by atoms with Gasteiger partial charge in [0.05, 0.1) is 0 Å². The van der Waals surface area contributed by atoms with Gasteiger partial charge in [0.15, 0.2) is 0 Å². The van der Waals surface area contributed by atoms with Gasteiger partial charge in [0.1, 0.15) is 5.75 Å². The zero-order valence-electron chi connectivity index (χ0n) is 8.57. The van der Waals surface area contributed by atoms with Crippen LogP contribution < -0.4 is 9.50 Å². The smallest absolute Gasteiger partial charge is 0.385 e. The van der Waals surface area contributed by atoms with Gasteiger partial charge >= 0.3 is 10.5 Å². The molecule has 0 unspecified atom stereocenters. The molecule has 0 aliphatic carbocycles. The normalized spacial score (nSPS) is 15.8. The van der Waals surface area contributed by atoms with Crippen LogP contribution in [0.1, 0.15) is 18.4 Å². The molecule has 4 nitrogen and oxygen atoms in total. The number of hydrogen-bond donors (Lipinski definition) is 1. The molecule has 1 aromatic carbocycles. The average Bonchev–Trinajstić information content (AvgIpc) is 2.39. The standard InChI is InChI=1S/C10H12FNO3S/c11-16(13,14)15-9-4-5-10-8(7-9)3-1-2-6-12-10/h4-5,7,12H,1-3,6H2. The molecule has 0 amide bonds. The van der Waals surface area contributed by atoms with Gasteiger partial charge < -0.3 is 9.50 Å². The van der Waals surface area contributed by atoms with E-state index >= 15 is 0 Å². The van der Waals surface area contributed by atoms with Gasteiger partial charge in [0.25, 0.3) is 0 Å². The Balaban J connectivity index is 2.27. The molecule has 1 N–H and O–H groups in total. The summed E-state index contributed by atoms with van der Waals surface area (Å²) in [5, 5.41) is 3.22. The molecule has 0 saturated heterocycles. The van der Waals surface area contributed by atoms with Gasteiger partial charge in [-0.2, -0.15) is 8.42 Å². The molecule has 0 aromatic heterocycles. The molecule has 1 aliphatic heterocycles. The molecule has 0 spiro atoms. The van der Waals surface area contributed by atoms with Crippen molar-refractivity contribution in [2.24, 2.45) is 0 Å². The van der Waals surface area contributed by atoms with Crippen LogP contribution in [0.5, 0.6) is 5.75 Å². The monoisotopic (exact) mass is 245 g/mol. The first kappa shape index (κ1) is 11.2. The fourth-order valence-corrected chi connectivity index (χ4v) is 2.11. The van der Waals surface area contributed by atoms with Crippen LogP contribution >= 0.6 is 0 Å². The molecular formula is C10H12FNO3S. The van der Waals surface area contributed by atoms with E-state index in [0.717, 1.165) is 37.1 Å². The Morgan fingerprint density at radius 1 is 1.31 bits per heavy atom. The molecule has 0 radical (unpaired) electrons. The van der Waals surface area contributed by atoms with Gasteiger partial charge in [-0.3, -0.25) is 0 Å². The predicted molar refractivity (Wildman–Crippen MR) is 58.5 cm³/mol. The average molecular weight is 245 g/mol. The zero-order valence-corrected chi connectivity index (χ0v) is 9.39. The molecule has 88 valence electrons. The zero-order chi connectivity index (χ0) is 11.6. The number of fused-ring (bicyclic) bond motifs is 1. The lowest BCUT2D eigenvalue weighted by atomic mass is 10.1. The van der Waals surface area contributed by atoms with E-state index < -0.39 is 10.5 Å². The van der Waals surface area contributed by atoms with Crippen LogP contribution in [-0.2, 0) is 16.9 Å². The molecule has 0 saturated carbocycles. The maximum atomic E-state index is 12.3. The minimum Gasteiger partial charge on any atom is -0.385 e. The minimum absolute atomic E-state index is 0.0185. The van der Waals surface area contributed by atoms with E-state index in [1.54, 1.807) is 12.1 Å². The van der Waals surface area contributed by atoms with Crippen molar-refractivity contribution in [3.8, 4) is 5.75 Å². The molecule has 0 fully saturated rings. The van der Waals surface area contributed by atoms with Crippen molar-refractivity contribution in [2.75, 3.05) is 11.9 Å². The number of benzene rings is 1. The lowest BCUT2D eigenvalue weighted by molar-refractivity contribution is 0.440. The molecule has 0 bridgehead atoms. The second kappa shape index (κ2) is 4.29. The fraction of sp³-hybridized carbons (Fsp3) is 0.400. The number of aryl methyl sites for hydroxylation is 1. The van der Waals surface area contributed by atoms with E-state index in [4.69, 9.17) is 0 Å². The highest BCUT2D eigenvalue weighted by Gasteiger charge is 2.13. The van der Waals surface area contributed by atoms with Gasteiger partial charge in [-0.1, -0.05) is 3.89 Å². The molecular weight excluding hydrogens is 233 g/mol. The topological polar surface area (TPSA) is 55.4 Å². The Labute approximate surface area is 93.8 Å². The summed E-state index contributed by atoms with van der Waals surface area (Å²) in [6.45, 7) is 0.897. The summed E-state index contributed by atoms with van der Waals surface area (Å²) in [6, 6.07) is 4.71. The van der Waals surface area contributed by atoms with Crippen LogP contribution in [0.3, 0.4) is 0 Å². The number of nitrogens with one attached hydrogen (secondary N) is 1. The fourth-order valence-electron chi connectivity index (χ4n) is 1.78. The van der Waals surface area contributed by atoms with Crippen LogP contribution in [-0.4, -0.2) is 15.0 Å². The Morgan fingerprint density at radius 2 is 2.12 bits per heavy atom. The predicted octanol–water partition coefficient (Wildman–Crippen LogP) is 2.03. The van der Waals surface area contributed by atoms with Crippen molar-refractivity contribution >= 4 is 16.2 Å². The molecule has 1 aliphatic rings. The van der Waals surface area contributed by atoms with Crippen molar-refractivity contribution in [1.82, 2.24) is 0 Å². The van der Waals surface area contributed by atoms with E-state index in [-0.39, 0.29) is 5.75 Å². The van der Waals surface area contributed by atoms with Crippen LogP contribution in [0.15, 0.2) is 18.2 Å². The highest BCUT2D eigenvalue weighted by Crippen LogP contribution is 2.26. The van der Waals surface area contributed by atoms with Crippen LogP contribution in [0.2, 0.25) is 0 Å². The summed E-state index contributed by atoms with van der Waals surface area (Å²) in [7, 11) is -4.93. The third-order valence-corrected chi connectivity index (χ3v) is 2.85. The summed E-state index contributed by atoms with van der Waals surface area (Å²) < 4.78 is 37.2. The van der Waals surface area contributed by atoms with E-state index in [1.165, 1.54) is 6.07 Å². The number of anilines is 1. The van der Waals surface area contributed by atoms with E-state index in [9.17, 15) is 12.3 Å².